The summed E-state index contributed by atoms with van der Waals surface area (Å²) < 4.78 is 11.6. The number of benzene rings is 1. The molecule has 1 N–H and O–H groups in total. The summed E-state index contributed by atoms with van der Waals surface area (Å²) in [6, 6.07) is 3.53. The molecule has 0 aliphatic heterocycles. The summed E-state index contributed by atoms with van der Waals surface area (Å²) >= 11 is 3.36. The van der Waals surface area contributed by atoms with Gasteiger partial charge in [0.05, 0.1) is 19.4 Å². The lowest BCUT2D eigenvalue weighted by molar-refractivity contribution is 0.230. The van der Waals surface area contributed by atoms with E-state index in [2.05, 4.69) is 21.1 Å². The van der Waals surface area contributed by atoms with E-state index in [9.17, 15) is 0 Å². The van der Waals surface area contributed by atoms with E-state index in [1.165, 1.54) is 6.21 Å². The van der Waals surface area contributed by atoms with E-state index in [-0.39, 0.29) is 6.10 Å². The van der Waals surface area contributed by atoms with Gasteiger partial charge in [-0.2, -0.15) is 0 Å². The van der Waals surface area contributed by atoms with Crippen molar-refractivity contribution in [2.75, 3.05) is 7.11 Å². The number of nitrogens with zero attached hydrogens (tertiary/aromatic N) is 1. The average Bonchev–Trinajstić information content (AvgIpc) is 2.21. The Labute approximate surface area is 103 Å². The predicted octanol–water partition coefficient (Wildman–Crippen LogP) is 3.05. The zero-order chi connectivity index (χ0) is 12.1. The third kappa shape index (κ3) is 3.13. The monoisotopic (exact) mass is 287 g/mol. The summed E-state index contributed by atoms with van der Waals surface area (Å²) in [5.74, 6) is 1.26. The third-order valence-corrected chi connectivity index (χ3v) is 2.53. The van der Waals surface area contributed by atoms with Crippen LogP contribution in [0.1, 0.15) is 19.4 Å². The van der Waals surface area contributed by atoms with Gasteiger partial charge in [0.25, 0.3) is 0 Å². The maximum Gasteiger partial charge on any atom is 0.162 e. The lowest BCUT2D eigenvalue weighted by atomic mass is 10.2. The first kappa shape index (κ1) is 12.8. The SMILES string of the molecule is COc1cc(/C=N\O)c(Br)cc1OC(C)C. The van der Waals surface area contributed by atoms with Crippen LogP contribution in [0.5, 0.6) is 11.5 Å². The molecule has 88 valence electrons. The second kappa shape index (κ2) is 5.75. The molecule has 1 aromatic carbocycles. The summed E-state index contributed by atoms with van der Waals surface area (Å²) in [5.41, 5.74) is 0.718. The quantitative estimate of drug-likeness (QED) is 0.526. The van der Waals surface area contributed by atoms with Crippen molar-refractivity contribution in [3.63, 3.8) is 0 Å². The molecule has 0 unspecified atom stereocenters. The first-order valence-electron chi connectivity index (χ1n) is 4.80. The van der Waals surface area contributed by atoms with Gasteiger partial charge in [-0.15, -0.1) is 0 Å². The summed E-state index contributed by atoms with van der Waals surface area (Å²) in [6.45, 7) is 3.88. The minimum absolute atomic E-state index is 0.0677. The first-order chi connectivity index (χ1) is 7.58. The van der Waals surface area contributed by atoms with Crippen LogP contribution in [0.25, 0.3) is 0 Å². The minimum Gasteiger partial charge on any atom is -0.493 e. The molecule has 4 nitrogen and oxygen atoms in total. The highest BCUT2D eigenvalue weighted by atomic mass is 79.9. The molecule has 0 saturated carbocycles. The zero-order valence-electron chi connectivity index (χ0n) is 9.40. The van der Waals surface area contributed by atoms with E-state index in [1.807, 2.05) is 13.8 Å². The molecule has 0 spiro atoms. The highest BCUT2D eigenvalue weighted by Gasteiger charge is 2.10. The van der Waals surface area contributed by atoms with Crippen LogP contribution in [0, 0.1) is 0 Å². The van der Waals surface area contributed by atoms with Gasteiger partial charge in [-0.05, 0) is 41.9 Å². The Balaban J connectivity index is 3.15. The number of rotatable bonds is 4. The second-order valence-corrected chi connectivity index (χ2v) is 4.29. The van der Waals surface area contributed by atoms with Crippen molar-refractivity contribution < 1.29 is 14.7 Å². The summed E-state index contributed by atoms with van der Waals surface area (Å²) in [6.07, 6.45) is 1.39. The molecule has 1 aromatic rings. The highest BCUT2D eigenvalue weighted by Crippen LogP contribution is 2.33. The molecule has 0 amide bonds. The van der Waals surface area contributed by atoms with Crippen LogP contribution in [0.3, 0.4) is 0 Å². The van der Waals surface area contributed by atoms with Gasteiger partial charge in [-0.25, -0.2) is 0 Å². The van der Waals surface area contributed by atoms with E-state index in [1.54, 1.807) is 19.2 Å². The molecular weight excluding hydrogens is 274 g/mol. The lowest BCUT2D eigenvalue weighted by Gasteiger charge is -2.14. The summed E-state index contributed by atoms with van der Waals surface area (Å²) in [4.78, 5) is 0. The molecule has 1 rings (SSSR count). The van der Waals surface area contributed by atoms with Crippen molar-refractivity contribution in [2.24, 2.45) is 5.16 Å². The van der Waals surface area contributed by atoms with Gasteiger partial charge in [0.15, 0.2) is 11.5 Å². The zero-order valence-corrected chi connectivity index (χ0v) is 11.0. The number of halogens is 1. The Kier molecular flexibility index (Phi) is 4.61. The molecule has 0 aromatic heterocycles. The number of hydrogen-bond acceptors (Lipinski definition) is 4. The van der Waals surface area contributed by atoms with Gasteiger partial charge in [0.2, 0.25) is 0 Å². The fourth-order valence-electron chi connectivity index (χ4n) is 1.22. The standard InChI is InChI=1S/C11H14BrNO3/c1-7(2)16-11-5-9(12)8(6-13-14)4-10(11)15-3/h4-7,14H,1-3H3/b13-6-. The maximum atomic E-state index is 8.50. The van der Waals surface area contributed by atoms with Crippen LogP contribution in [-0.2, 0) is 0 Å². The number of hydrogen-bond donors (Lipinski definition) is 1. The molecule has 0 radical (unpaired) electrons. The number of ether oxygens (including phenoxy) is 2. The van der Waals surface area contributed by atoms with Crippen molar-refractivity contribution in [1.82, 2.24) is 0 Å². The lowest BCUT2D eigenvalue weighted by Crippen LogP contribution is -2.07. The van der Waals surface area contributed by atoms with Gasteiger partial charge in [-0.3, -0.25) is 0 Å². The van der Waals surface area contributed by atoms with Crippen molar-refractivity contribution in [3.05, 3.63) is 22.2 Å². The largest absolute Gasteiger partial charge is 0.493 e. The van der Waals surface area contributed by atoms with Crippen LogP contribution < -0.4 is 9.47 Å². The fraction of sp³-hybridized carbons (Fsp3) is 0.364. The summed E-state index contributed by atoms with van der Waals surface area (Å²) in [7, 11) is 1.57. The molecule has 0 aliphatic rings. The van der Waals surface area contributed by atoms with Crippen LogP contribution in [0.15, 0.2) is 21.8 Å². The molecule has 0 aliphatic carbocycles. The van der Waals surface area contributed by atoms with E-state index in [0.717, 1.165) is 10.0 Å². The fourth-order valence-corrected chi connectivity index (χ4v) is 1.64. The Hall–Kier alpha value is -1.23. The maximum absolute atomic E-state index is 8.50. The molecule has 0 bridgehead atoms. The van der Waals surface area contributed by atoms with Gasteiger partial charge >= 0.3 is 0 Å². The van der Waals surface area contributed by atoms with Crippen LogP contribution >= 0.6 is 15.9 Å². The number of oxime groups is 1. The van der Waals surface area contributed by atoms with Crippen molar-refractivity contribution >= 4 is 22.1 Å². The molecule has 16 heavy (non-hydrogen) atoms. The Morgan fingerprint density at radius 2 is 2.06 bits per heavy atom. The van der Waals surface area contributed by atoms with E-state index < -0.39 is 0 Å². The molecule has 0 saturated heterocycles. The van der Waals surface area contributed by atoms with E-state index in [4.69, 9.17) is 14.7 Å². The van der Waals surface area contributed by atoms with Gasteiger partial charge in [0.1, 0.15) is 0 Å². The van der Waals surface area contributed by atoms with Crippen molar-refractivity contribution in [1.29, 1.82) is 0 Å². The van der Waals surface area contributed by atoms with E-state index in [0.29, 0.717) is 11.5 Å². The first-order valence-corrected chi connectivity index (χ1v) is 5.59. The number of methoxy groups -OCH3 is 1. The smallest absolute Gasteiger partial charge is 0.162 e. The second-order valence-electron chi connectivity index (χ2n) is 3.44. The Morgan fingerprint density at radius 3 is 2.56 bits per heavy atom. The predicted molar refractivity (Wildman–Crippen MR) is 65.8 cm³/mol. The van der Waals surface area contributed by atoms with Crippen LogP contribution in [0.2, 0.25) is 0 Å². The molecule has 5 heteroatoms. The van der Waals surface area contributed by atoms with E-state index >= 15 is 0 Å². The van der Waals surface area contributed by atoms with Crippen LogP contribution in [0.4, 0.5) is 0 Å². The summed E-state index contributed by atoms with van der Waals surface area (Å²) in [5, 5.41) is 11.5. The highest BCUT2D eigenvalue weighted by molar-refractivity contribution is 9.10. The van der Waals surface area contributed by atoms with Gasteiger partial charge < -0.3 is 14.7 Å². The Morgan fingerprint density at radius 1 is 1.38 bits per heavy atom. The van der Waals surface area contributed by atoms with Crippen molar-refractivity contribution in [3.8, 4) is 11.5 Å². The molecule has 0 fully saturated rings. The topological polar surface area (TPSA) is 51.0 Å². The third-order valence-electron chi connectivity index (χ3n) is 1.84. The van der Waals surface area contributed by atoms with Crippen molar-refractivity contribution in [2.45, 2.75) is 20.0 Å². The molecule has 0 atom stereocenters. The molecule has 0 heterocycles. The van der Waals surface area contributed by atoms with Crippen LogP contribution in [-0.4, -0.2) is 24.6 Å². The Bertz CT molecular complexity index is 391. The van der Waals surface area contributed by atoms with Gasteiger partial charge in [0, 0.05) is 10.0 Å². The molecular formula is C11H14BrNO3. The average molecular weight is 288 g/mol. The van der Waals surface area contributed by atoms with Gasteiger partial charge in [-0.1, -0.05) is 5.16 Å². The minimum atomic E-state index is 0.0677. The normalized spacial score (nSPS) is 11.1.